The lowest BCUT2D eigenvalue weighted by Gasteiger charge is -2.26. The van der Waals surface area contributed by atoms with Gasteiger partial charge >= 0.3 is 0 Å². The summed E-state index contributed by atoms with van der Waals surface area (Å²) < 4.78 is 5.20. The summed E-state index contributed by atoms with van der Waals surface area (Å²) >= 11 is 0. The molecule has 0 bridgehead atoms. The summed E-state index contributed by atoms with van der Waals surface area (Å²) in [6.45, 7) is 3.75. The molecule has 2 atom stereocenters. The Morgan fingerprint density at radius 2 is 2.00 bits per heavy atom. The third-order valence-electron chi connectivity index (χ3n) is 4.19. The lowest BCUT2D eigenvalue weighted by Crippen LogP contribution is -2.38. The molecule has 2 unspecified atom stereocenters. The first-order chi connectivity index (χ1) is 9.22. The van der Waals surface area contributed by atoms with Gasteiger partial charge in [-0.15, -0.1) is 0 Å². The summed E-state index contributed by atoms with van der Waals surface area (Å²) in [5, 5.41) is 14.1. The Labute approximate surface area is 116 Å². The van der Waals surface area contributed by atoms with Crippen molar-refractivity contribution in [3.8, 4) is 0 Å². The van der Waals surface area contributed by atoms with Crippen molar-refractivity contribution in [2.24, 2.45) is 5.41 Å². The number of rotatable bonds is 8. The van der Waals surface area contributed by atoms with Crippen LogP contribution in [0, 0.1) is 5.41 Å². The van der Waals surface area contributed by atoms with Gasteiger partial charge in [0.25, 0.3) is 0 Å². The van der Waals surface area contributed by atoms with Crippen LogP contribution in [0.1, 0.15) is 37.9 Å². The quantitative estimate of drug-likeness (QED) is 0.757. The van der Waals surface area contributed by atoms with Crippen LogP contribution in [0.4, 0.5) is 0 Å². The van der Waals surface area contributed by atoms with Crippen LogP contribution in [0.2, 0.25) is 0 Å². The molecule has 0 radical (unpaired) electrons. The molecular formula is C16H25NO2. The van der Waals surface area contributed by atoms with Gasteiger partial charge in [-0.2, -0.15) is 0 Å². The number of hydrogen-bond acceptors (Lipinski definition) is 3. The number of methoxy groups -OCH3 is 1. The average molecular weight is 263 g/mol. The van der Waals surface area contributed by atoms with E-state index >= 15 is 0 Å². The third kappa shape index (κ3) is 3.56. The molecule has 1 saturated carbocycles. The molecule has 3 nitrogen and oxygen atoms in total. The maximum absolute atomic E-state index is 10.6. The molecule has 0 heterocycles. The minimum atomic E-state index is -0.360. The van der Waals surface area contributed by atoms with Crippen LogP contribution in [-0.4, -0.2) is 31.4 Å². The van der Waals surface area contributed by atoms with Crippen LogP contribution in [-0.2, 0) is 4.74 Å². The molecule has 3 heteroatoms. The Hall–Kier alpha value is -0.900. The summed E-state index contributed by atoms with van der Waals surface area (Å²) in [5.41, 5.74) is 1.06. The van der Waals surface area contributed by atoms with Gasteiger partial charge in [-0.1, -0.05) is 37.3 Å². The minimum absolute atomic E-state index is 0.0303. The fraction of sp³-hybridized carbons (Fsp3) is 0.625. The second-order valence-electron chi connectivity index (χ2n) is 5.62. The van der Waals surface area contributed by atoms with Gasteiger partial charge < -0.3 is 15.2 Å². The van der Waals surface area contributed by atoms with E-state index in [1.807, 2.05) is 30.3 Å². The number of aliphatic hydroxyl groups excluding tert-OH is 1. The Kier molecular flexibility index (Phi) is 4.97. The smallest absolute Gasteiger partial charge is 0.0858 e. The van der Waals surface area contributed by atoms with Crippen LogP contribution in [0.15, 0.2) is 30.3 Å². The molecule has 0 aromatic heterocycles. The number of hydrogen-bond donors (Lipinski definition) is 2. The van der Waals surface area contributed by atoms with Crippen molar-refractivity contribution in [1.29, 1.82) is 0 Å². The molecule has 1 aliphatic rings. The van der Waals surface area contributed by atoms with Gasteiger partial charge in [-0.25, -0.2) is 0 Å². The van der Waals surface area contributed by atoms with Crippen LogP contribution in [0.3, 0.4) is 0 Å². The van der Waals surface area contributed by atoms with Crippen molar-refractivity contribution in [2.75, 3.05) is 20.3 Å². The molecular weight excluding hydrogens is 238 g/mol. The fourth-order valence-electron chi connectivity index (χ4n) is 2.57. The van der Waals surface area contributed by atoms with E-state index in [2.05, 4.69) is 12.2 Å². The summed E-state index contributed by atoms with van der Waals surface area (Å²) in [6.07, 6.45) is 2.88. The highest BCUT2D eigenvalue weighted by atomic mass is 16.5. The molecule has 2 N–H and O–H groups in total. The molecule has 19 heavy (non-hydrogen) atoms. The molecule has 0 amide bonds. The van der Waals surface area contributed by atoms with Crippen LogP contribution >= 0.6 is 0 Å². The fourth-order valence-corrected chi connectivity index (χ4v) is 2.57. The van der Waals surface area contributed by atoms with Gasteiger partial charge in [0.1, 0.15) is 0 Å². The maximum atomic E-state index is 10.6. The topological polar surface area (TPSA) is 41.5 Å². The van der Waals surface area contributed by atoms with Crippen LogP contribution < -0.4 is 5.32 Å². The SMILES string of the molecule is CCC(COC)NCC1(C(O)c2ccccc2)CC1. The van der Waals surface area contributed by atoms with E-state index in [0.717, 1.165) is 38.0 Å². The van der Waals surface area contributed by atoms with Crippen molar-refractivity contribution in [3.05, 3.63) is 35.9 Å². The van der Waals surface area contributed by atoms with E-state index in [0.29, 0.717) is 6.04 Å². The second kappa shape index (κ2) is 6.51. The van der Waals surface area contributed by atoms with Crippen molar-refractivity contribution in [1.82, 2.24) is 5.32 Å². The first-order valence-corrected chi connectivity index (χ1v) is 7.17. The summed E-state index contributed by atoms with van der Waals surface area (Å²) in [7, 11) is 1.73. The van der Waals surface area contributed by atoms with Crippen molar-refractivity contribution >= 4 is 0 Å². The zero-order chi connectivity index (χ0) is 13.7. The normalized spacial score (nSPS) is 19.9. The molecule has 0 aliphatic heterocycles. The molecule has 2 rings (SSSR count). The van der Waals surface area contributed by atoms with Gasteiger partial charge in [0.05, 0.1) is 12.7 Å². The maximum Gasteiger partial charge on any atom is 0.0858 e. The first-order valence-electron chi connectivity index (χ1n) is 7.17. The van der Waals surface area contributed by atoms with E-state index in [1.54, 1.807) is 7.11 Å². The second-order valence-corrected chi connectivity index (χ2v) is 5.62. The molecule has 0 saturated heterocycles. The Morgan fingerprint density at radius 1 is 1.32 bits per heavy atom. The van der Waals surface area contributed by atoms with Gasteiger partial charge in [-0.05, 0) is 24.8 Å². The zero-order valence-corrected chi connectivity index (χ0v) is 11.9. The van der Waals surface area contributed by atoms with Crippen LogP contribution in [0.25, 0.3) is 0 Å². The third-order valence-corrected chi connectivity index (χ3v) is 4.19. The highest BCUT2D eigenvalue weighted by molar-refractivity contribution is 5.22. The van der Waals surface area contributed by atoms with Gasteiger partial charge in [0.15, 0.2) is 0 Å². The summed E-state index contributed by atoms with van der Waals surface area (Å²) in [6, 6.07) is 10.4. The summed E-state index contributed by atoms with van der Waals surface area (Å²) in [4.78, 5) is 0. The highest BCUT2D eigenvalue weighted by Crippen LogP contribution is 2.54. The molecule has 1 aromatic rings. The lowest BCUT2D eigenvalue weighted by molar-refractivity contribution is 0.0847. The standard InChI is InChI=1S/C16H25NO2/c1-3-14(11-19-2)17-12-16(9-10-16)15(18)13-7-5-4-6-8-13/h4-8,14-15,17-18H,3,9-12H2,1-2H3. The minimum Gasteiger partial charge on any atom is -0.388 e. The average Bonchev–Trinajstić information content (AvgIpc) is 3.25. The van der Waals surface area contributed by atoms with E-state index < -0.39 is 0 Å². The molecule has 1 fully saturated rings. The van der Waals surface area contributed by atoms with Crippen molar-refractivity contribution in [3.63, 3.8) is 0 Å². The predicted molar refractivity (Wildman–Crippen MR) is 77.0 cm³/mol. The Balaban J connectivity index is 1.92. The van der Waals surface area contributed by atoms with Crippen molar-refractivity contribution in [2.45, 2.75) is 38.3 Å². The largest absolute Gasteiger partial charge is 0.388 e. The monoisotopic (exact) mass is 263 g/mol. The van der Waals surface area contributed by atoms with E-state index in [-0.39, 0.29) is 11.5 Å². The Bertz CT molecular complexity index is 376. The molecule has 1 aromatic carbocycles. The van der Waals surface area contributed by atoms with E-state index in [9.17, 15) is 5.11 Å². The predicted octanol–water partition coefficient (Wildman–Crippen LogP) is 2.51. The number of benzene rings is 1. The van der Waals surface area contributed by atoms with E-state index in [4.69, 9.17) is 4.74 Å². The zero-order valence-electron chi connectivity index (χ0n) is 11.9. The van der Waals surface area contributed by atoms with Crippen LogP contribution in [0.5, 0.6) is 0 Å². The number of ether oxygens (including phenoxy) is 1. The molecule has 106 valence electrons. The van der Waals surface area contributed by atoms with Gasteiger partial charge in [0, 0.05) is 25.1 Å². The first kappa shape index (κ1) is 14.5. The number of aliphatic hydroxyl groups is 1. The number of nitrogens with one attached hydrogen (secondary N) is 1. The van der Waals surface area contributed by atoms with E-state index in [1.165, 1.54) is 0 Å². The Morgan fingerprint density at radius 3 is 2.53 bits per heavy atom. The molecule has 0 spiro atoms. The van der Waals surface area contributed by atoms with Crippen molar-refractivity contribution < 1.29 is 9.84 Å². The summed E-state index contributed by atoms with van der Waals surface area (Å²) in [5.74, 6) is 0. The molecule has 1 aliphatic carbocycles. The van der Waals surface area contributed by atoms with Gasteiger partial charge in [0.2, 0.25) is 0 Å². The lowest BCUT2D eigenvalue weighted by atomic mass is 9.92. The highest BCUT2D eigenvalue weighted by Gasteiger charge is 2.49. The van der Waals surface area contributed by atoms with Gasteiger partial charge in [-0.3, -0.25) is 0 Å².